The molecule has 2 rings (SSSR count). The molecule has 0 aliphatic carbocycles. The van der Waals surface area contributed by atoms with Gasteiger partial charge in [-0.05, 0) is 24.6 Å². The Labute approximate surface area is 121 Å². The van der Waals surface area contributed by atoms with Crippen molar-refractivity contribution >= 4 is 23.0 Å². The molecule has 0 saturated carbocycles. The summed E-state index contributed by atoms with van der Waals surface area (Å²) in [5, 5.41) is 13.4. The molecule has 0 atom stereocenters. The Balaban J connectivity index is 2.10. The monoisotopic (exact) mass is 286 g/mol. The van der Waals surface area contributed by atoms with Gasteiger partial charge >= 0.3 is 0 Å². The van der Waals surface area contributed by atoms with Crippen molar-refractivity contribution in [1.29, 1.82) is 0 Å². The second-order valence-corrected chi connectivity index (χ2v) is 4.56. The van der Waals surface area contributed by atoms with E-state index in [0.29, 0.717) is 17.1 Å². The Morgan fingerprint density at radius 2 is 2.14 bits per heavy atom. The summed E-state index contributed by atoms with van der Waals surface area (Å²) >= 11 is 0. The number of aryl methyl sites for hydroxylation is 1. The highest BCUT2D eigenvalue weighted by Gasteiger charge is 2.11. The van der Waals surface area contributed by atoms with Crippen LogP contribution in [0.5, 0.6) is 0 Å². The second-order valence-electron chi connectivity index (χ2n) is 4.56. The van der Waals surface area contributed by atoms with Crippen LogP contribution < -0.4 is 11.1 Å². The van der Waals surface area contributed by atoms with Crippen molar-refractivity contribution in [3.8, 4) is 0 Å². The highest BCUT2D eigenvalue weighted by atomic mass is 16.6. The normalized spacial score (nSPS) is 10.1. The molecule has 2 aromatic rings. The summed E-state index contributed by atoms with van der Waals surface area (Å²) in [6, 6.07) is 7.65. The summed E-state index contributed by atoms with van der Waals surface area (Å²) in [6.07, 6.45) is 1.55. The third-order valence-corrected chi connectivity index (χ3v) is 2.90. The van der Waals surface area contributed by atoms with Crippen LogP contribution in [0.15, 0.2) is 36.5 Å². The predicted molar refractivity (Wildman–Crippen MR) is 78.8 cm³/mol. The number of aromatic nitrogens is 1. The second kappa shape index (κ2) is 6.00. The number of nitro groups is 1. The largest absolute Gasteiger partial charge is 0.397 e. The first-order chi connectivity index (χ1) is 9.95. The molecule has 1 aromatic heterocycles. The van der Waals surface area contributed by atoms with Crippen LogP contribution in [-0.4, -0.2) is 15.8 Å². The van der Waals surface area contributed by atoms with Gasteiger partial charge in [0.1, 0.15) is 0 Å². The van der Waals surface area contributed by atoms with Gasteiger partial charge in [-0.2, -0.15) is 0 Å². The number of benzene rings is 1. The van der Waals surface area contributed by atoms with Crippen LogP contribution in [0.3, 0.4) is 0 Å². The molecule has 0 saturated heterocycles. The number of nitro benzene ring substituents is 1. The van der Waals surface area contributed by atoms with Gasteiger partial charge in [-0.1, -0.05) is 6.07 Å². The van der Waals surface area contributed by atoms with Crippen molar-refractivity contribution in [1.82, 2.24) is 4.98 Å². The maximum absolute atomic E-state index is 11.9. The summed E-state index contributed by atoms with van der Waals surface area (Å²) in [7, 11) is 0. The zero-order chi connectivity index (χ0) is 15.4. The van der Waals surface area contributed by atoms with Crippen LogP contribution >= 0.6 is 0 Å². The van der Waals surface area contributed by atoms with Crippen LogP contribution in [0.2, 0.25) is 0 Å². The van der Waals surface area contributed by atoms with Crippen molar-refractivity contribution in [3.63, 3.8) is 0 Å². The van der Waals surface area contributed by atoms with E-state index in [9.17, 15) is 14.9 Å². The smallest absolute Gasteiger partial charge is 0.271 e. The molecule has 1 heterocycles. The molecular formula is C14H14N4O3. The average Bonchev–Trinajstić information content (AvgIpc) is 2.43. The van der Waals surface area contributed by atoms with Gasteiger partial charge < -0.3 is 11.1 Å². The zero-order valence-corrected chi connectivity index (χ0v) is 11.4. The molecule has 0 spiro atoms. The average molecular weight is 286 g/mol. The molecule has 3 N–H and O–H groups in total. The SMILES string of the molecule is Cc1ccc([N+](=O)[O-])cc1NC(=O)Cc1ccc(N)cn1. The van der Waals surface area contributed by atoms with Gasteiger partial charge in [-0.15, -0.1) is 0 Å². The minimum atomic E-state index is -0.503. The van der Waals surface area contributed by atoms with Gasteiger partial charge in [0, 0.05) is 17.8 Å². The molecule has 0 radical (unpaired) electrons. The fourth-order valence-electron chi connectivity index (χ4n) is 1.76. The number of hydrogen-bond donors (Lipinski definition) is 2. The van der Waals surface area contributed by atoms with Gasteiger partial charge in [-0.3, -0.25) is 19.9 Å². The number of carbonyl (C=O) groups excluding carboxylic acids is 1. The third kappa shape index (κ3) is 3.75. The van der Waals surface area contributed by atoms with E-state index in [1.165, 1.54) is 18.3 Å². The molecular weight excluding hydrogens is 272 g/mol. The molecule has 21 heavy (non-hydrogen) atoms. The molecule has 1 aromatic carbocycles. The number of amides is 1. The van der Waals surface area contributed by atoms with Crippen molar-refractivity contribution in [2.24, 2.45) is 0 Å². The number of nitrogen functional groups attached to an aromatic ring is 1. The molecule has 0 aliphatic heterocycles. The van der Waals surface area contributed by atoms with Crippen molar-refractivity contribution in [2.75, 3.05) is 11.1 Å². The fourth-order valence-corrected chi connectivity index (χ4v) is 1.76. The fraction of sp³-hybridized carbons (Fsp3) is 0.143. The Hall–Kier alpha value is -2.96. The summed E-state index contributed by atoms with van der Waals surface area (Å²) in [4.78, 5) is 26.2. The summed E-state index contributed by atoms with van der Waals surface area (Å²) in [6.45, 7) is 1.76. The summed E-state index contributed by atoms with van der Waals surface area (Å²) in [5.74, 6) is -0.295. The molecule has 7 nitrogen and oxygen atoms in total. The van der Waals surface area contributed by atoms with E-state index in [-0.39, 0.29) is 18.0 Å². The topological polar surface area (TPSA) is 111 Å². The number of pyridine rings is 1. The lowest BCUT2D eigenvalue weighted by atomic mass is 10.1. The number of nitrogens with two attached hydrogens (primary N) is 1. The lowest BCUT2D eigenvalue weighted by molar-refractivity contribution is -0.384. The van der Waals surface area contributed by atoms with E-state index >= 15 is 0 Å². The summed E-state index contributed by atoms with van der Waals surface area (Å²) < 4.78 is 0. The standard InChI is InChI=1S/C14H14N4O3/c1-9-2-5-12(18(20)21)7-13(9)17-14(19)6-11-4-3-10(15)8-16-11/h2-5,7-8H,6,15H2,1H3,(H,17,19). The zero-order valence-electron chi connectivity index (χ0n) is 11.4. The Morgan fingerprint density at radius 1 is 1.38 bits per heavy atom. The molecule has 1 amide bonds. The molecule has 108 valence electrons. The highest BCUT2D eigenvalue weighted by Crippen LogP contribution is 2.21. The number of non-ortho nitro benzene ring substituents is 1. The quantitative estimate of drug-likeness (QED) is 0.660. The number of nitrogens with zero attached hydrogens (tertiary/aromatic N) is 2. The van der Waals surface area contributed by atoms with E-state index in [1.807, 2.05) is 0 Å². The maximum atomic E-state index is 11.9. The van der Waals surface area contributed by atoms with E-state index in [1.54, 1.807) is 25.1 Å². The van der Waals surface area contributed by atoms with Gasteiger partial charge in [0.15, 0.2) is 0 Å². The van der Waals surface area contributed by atoms with Crippen LogP contribution in [0.4, 0.5) is 17.1 Å². The lowest BCUT2D eigenvalue weighted by Crippen LogP contribution is -2.16. The van der Waals surface area contributed by atoms with Gasteiger partial charge in [0.2, 0.25) is 5.91 Å². The number of rotatable bonds is 4. The molecule has 0 unspecified atom stereocenters. The van der Waals surface area contributed by atoms with Crippen molar-refractivity contribution in [2.45, 2.75) is 13.3 Å². The first kappa shape index (κ1) is 14.4. The molecule has 7 heteroatoms. The number of hydrogen-bond acceptors (Lipinski definition) is 5. The van der Waals surface area contributed by atoms with Crippen LogP contribution in [0.25, 0.3) is 0 Å². The highest BCUT2D eigenvalue weighted by molar-refractivity contribution is 5.93. The Bertz CT molecular complexity index is 683. The number of nitrogens with one attached hydrogen (secondary N) is 1. The molecule has 0 aliphatic rings. The van der Waals surface area contributed by atoms with Crippen LogP contribution in [0.1, 0.15) is 11.3 Å². The molecule has 0 bridgehead atoms. The minimum Gasteiger partial charge on any atom is -0.397 e. The van der Waals surface area contributed by atoms with Crippen molar-refractivity contribution < 1.29 is 9.72 Å². The van der Waals surface area contributed by atoms with E-state index in [0.717, 1.165) is 5.56 Å². The maximum Gasteiger partial charge on any atom is 0.271 e. The van der Waals surface area contributed by atoms with E-state index in [4.69, 9.17) is 5.73 Å². The van der Waals surface area contributed by atoms with Gasteiger partial charge in [0.05, 0.1) is 28.9 Å². The Morgan fingerprint density at radius 3 is 2.76 bits per heavy atom. The first-order valence-corrected chi connectivity index (χ1v) is 6.21. The lowest BCUT2D eigenvalue weighted by Gasteiger charge is -2.08. The molecule has 0 fully saturated rings. The number of anilines is 2. The van der Waals surface area contributed by atoms with Gasteiger partial charge in [-0.25, -0.2) is 0 Å². The van der Waals surface area contributed by atoms with Gasteiger partial charge in [0.25, 0.3) is 5.69 Å². The van der Waals surface area contributed by atoms with E-state index < -0.39 is 4.92 Å². The van der Waals surface area contributed by atoms with Crippen LogP contribution in [-0.2, 0) is 11.2 Å². The first-order valence-electron chi connectivity index (χ1n) is 6.21. The van der Waals surface area contributed by atoms with Crippen LogP contribution in [0, 0.1) is 17.0 Å². The third-order valence-electron chi connectivity index (χ3n) is 2.90. The predicted octanol–water partition coefficient (Wildman–Crippen LogP) is 2.06. The number of carbonyl (C=O) groups is 1. The van der Waals surface area contributed by atoms with E-state index in [2.05, 4.69) is 10.3 Å². The summed E-state index contributed by atoms with van der Waals surface area (Å²) in [5.41, 5.74) is 7.72. The Kier molecular flexibility index (Phi) is 4.13. The minimum absolute atomic E-state index is 0.0680. The van der Waals surface area contributed by atoms with Crippen molar-refractivity contribution in [3.05, 3.63) is 57.9 Å².